The predicted molar refractivity (Wildman–Crippen MR) is 105 cm³/mol. The lowest BCUT2D eigenvalue weighted by Crippen LogP contribution is -2.51. The van der Waals surface area contributed by atoms with Gasteiger partial charge in [-0.3, -0.25) is 0 Å². The van der Waals surface area contributed by atoms with Crippen LogP contribution < -0.4 is 9.80 Å². The number of fused-ring (bicyclic) bond motifs is 3. The summed E-state index contributed by atoms with van der Waals surface area (Å²) in [5.74, 6) is 0. The average molecular weight is 386 g/mol. The summed E-state index contributed by atoms with van der Waals surface area (Å²) in [7, 11) is 2.24. The summed E-state index contributed by atoms with van der Waals surface area (Å²) in [6, 6.07) is 18.3. The molecule has 4 heteroatoms. The van der Waals surface area contributed by atoms with Crippen LogP contribution >= 0.6 is 15.9 Å². The number of nitrogens with zero attached hydrogens (tertiary/aromatic N) is 3. The molecular formula is C20H24BrN3. The third-order valence-corrected chi connectivity index (χ3v) is 5.77. The molecule has 1 unspecified atom stereocenters. The standard InChI is InChI=1S/C20H24BrN3/c1-22-12-13-24-18(15-22)10-11-23(19-4-2-3-5-20(19)24)14-16-6-8-17(21)9-7-16/h2-9,18H,10-15H2,1H3. The normalized spacial score (nSPS) is 21.2. The number of piperazine rings is 1. The predicted octanol–water partition coefficient (Wildman–Crippen LogP) is 3.98. The average Bonchev–Trinajstić information content (AvgIpc) is 2.74. The van der Waals surface area contributed by atoms with E-state index in [-0.39, 0.29) is 0 Å². The summed E-state index contributed by atoms with van der Waals surface area (Å²) in [4.78, 5) is 7.65. The molecular weight excluding hydrogens is 362 g/mol. The molecule has 0 bridgehead atoms. The van der Waals surface area contributed by atoms with Gasteiger partial charge in [-0.2, -0.15) is 0 Å². The second-order valence-electron chi connectivity index (χ2n) is 6.93. The minimum absolute atomic E-state index is 0.625. The van der Waals surface area contributed by atoms with Gasteiger partial charge in [-0.1, -0.05) is 40.2 Å². The quantitative estimate of drug-likeness (QED) is 0.773. The van der Waals surface area contributed by atoms with Gasteiger partial charge in [0.15, 0.2) is 0 Å². The van der Waals surface area contributed by atoms with E-state index in [0.717, 1.165) is 30.7 Å². The highest BCUT2D eigenvalue weighted by Gasteiger charge is 2.31. The van der Waals surface area contributed by atoms with Crippen LogP contribution in [0.2, 0.25) is 0 Å². The molecule has 1 atom stereocenters. The molecule has 1 saturated heterocycles. The number of hydrogen-bond donors (Lipinski definition) is 0. The van der Waals surface area contributed by atoms with Crippen LogP contribution in [0.3, 0.4) is 0 Å². The molecule has 0 amide bonds. The summed E-state index contributed by atoms with van der Waals surface area (Å²) in [5.41, 5.74) is 4.16. The maximum Gasteiger partial charge on any atom is 0.0607 e. The fourth-order valence-corrected chi connectivity index (χ4v) is 4.21. The third kappa shape index (κ3) is 3.17. The van der Waals surface area contributed by atoms with Gasteiger partial charge >= 0.3 is 0 Å². The zero-order chi connectivity index (χ0) is 16.5. The van der Waals surface area contributed by atoms with Gasteiger partial charge in [0.25, 0.3) is 0 Å². The minimum atomic E-state index is 0.625. The Labute approximate surface area is 153 Å². The molecule has 0 N–H and O–H groups in total. The SMILES string of the molecule is CN1CCN2c3ccccc3N(Cc3ccc(Br)cc3)CCC2C1. The largest absolute Gasteiger partial charge is 0.365 e. The van der Waals surface area contributed by atoms with Crippen LogP contribution in [0.15, 0.2) is 53.0 Å². The van der Waals surface area contributed by atoms with Crippen LogP contribution in [0.1, 0.15) is 12.0 Å². The lowest BCUT2D eigenvalue weighted by Gasteiger charge is -2.40. The monoisotopic (exact) mass is 385 g/mol. The summed E-state index contributed by atoms with van der Waals surface area (Å²) >= 11 is 3.53. The van der Waals surface area contributed by atoms with Crippen LogP contribution in [0.4, 0.5) is 11.4 Å². The molecule has 2 aromatic rings. The van der Waals surface area contributed by atoms with Crippen LogP contribution in [-0.4, -0.2) is 44.2 Å². The Bertz CT molecular complexity index is 700. The van der Waals surface area contributed by atoms with E-state index in [4.69, 9.17) is 0 Å². The van der Waals surface area contributed by atoms with E-state index in [1.165, 1.54) is 29.9 Å². The summed E-state index contributed by atoms with van der Waals surface area (Å²) in [6.07, 6.45) is 1.22. The number of rotatable bonds is 2. The van der Waals surface area contributed by atoms with Gasteiger partial charge in [-0.05, 0) is 43.3 Å². The van der Waals surface area contributed by atoms with Crippen molar-refractivity contribution in [2.45, 2.75) is 19.0 Å². The molecule has 0 saturated carbocycles. The molecule has 4 rings (SSSR count). The highest BCUT2D eigenvalue weighted by atomic mass is 79.9. The van der Waals surface area contributed by atoms with E-state index in [0.29, 0.717) is 6.04 Å². The van der Waals surface area contributed by atoms with Gasteiger partial charge in [-0.25, -0.2) is 0 Å². The number of para-hydroxylation sites is 2. The van der Waals surface area contributed by atoms with Crippen LogP contribution in [-0.2, 0) is 6.54 Å². The van der Waals surface area contributed by atoms with Crippen molar-refractivity contribution in [3.05, 3.63) is 58.6 Å². The Morgan fingerprint density at radius 2 is 1.71 bits per heavy atom. The number of anilines is 2. The Hall–Kier alpha value is -1.52. The first kappa shape index (κ1) is 16.0. The van der Waals surface area contributed by atoms with Crippen molar-refractivity contribution in [3.8, 4) is 0 Å². The van der Waals surface area contributed by atoms with Crippen molar-refractivity contribution in [1.82, 2.24) is 4.90 Å². The molecule has 1 fully saturated rings. The van der Waals surface area contributed by atoms with Crippen molar-refractivity contribution >= 4 is 27.3 Å². The van der Waals surface area contributed by atoms with Gasteiger partial charge in [0.1, 0.15) is 0 Å². The molecule has 2 heterocycles. The molecule has 2 aliphatic rings. The molecule has 0 radical (unpaired) electrons. The van der Waals surface area contributed by atoms with Crippen LogP contribution in [0.25, 0.3) is 0 Å². The van der Waals surface area contributed by atoms with E-state index >= 15 is 0 Å². The van der Waals surface area contributed by atoms with Crippen molar-refractivity contribution in [2.24, 2.45) is 0 Å². The van der Waals surface area contributed by atoms with E-state index in [9.17, 15) is 0 Å². The fraction of sp³-hybridized carbons (Fsp3) is 0.400. The maximum absolute atomic E-state index is 3.53. The molecule has 0 aromatic heterocycles. The third-order valence-electron chi connectivity index (χ3n) is 5.24. The highest BCUT2D eigenvalue weighted by molar-refractivity contribution is 9.10. The van der Waals surface area contributed by atoms with E-state index in [1.54, 1.807) is 0 Å². The smallest absolute Gasteiger partial charge is 0.0607 e. The number of halogens is 1. The summed E-state index contributed by atoms with van der Waals surface area (Å²) in [6.45, 7) is 5.53. The van der Waals surface area contributed by atoms with Crippen molar-refractivity contribution in [3.63, 3.8) is 0 Å². The minimum Gasteiger partial charge on any atom is -0.365 e. The Kier molecular flexibility index (Phi) is 4.51. The first-order valence-corrected chi connectivity index (χ1v) is 9.53. The van der Waals surface area contributed by atoms with Gasteiger partial charge in [0.2, 0.25) is 0 Å². The Morgan fingerprint density at radius 1 is 0.958 bits per heavy atom. The molecule has 0 aliphatic carbocycles. The fourth-order valence-electron chi connectivity index (χ4n) is 3.95. The first-order valence-electron chi connectivity index (χ1n) is 8.74. The maximum atomic E-state index is 3.53. The van der Waals surface area contributed by atoms with E-state index in [1.807, 2.05) is 0 Å². The molecule has 0 spiro atoms. The van der Waals surface area contributed by atoms with Crippen molar-refractivity contribution in [2.75, 3.05) is 43.0 Å². The van der Waals surface area contributed by atoms with Crippen molar-refractivity contribution < 1.29 is 0 Å². The summed E-state index contributed by atoms with van der Waals surface area (Å²) < 4.78 is 1.14. The van der Waals surface area contributed by atoms with Crippen LogP contribution in [0.5, 0.6) is 0 Å². The topological polar surface area (TPSA) is 9.72 Å². The van der Waals surface area contributed by atoms with Gasteiger partial charge < -0.3 is 14.7 Å². The van der Waals surface area contributed by atoms with Crippen molar-refractivity contribution in [1.29, 1.82) is 0 Å². The first-order chi connectivity index (χ1) is 11.7. The second kappa shape index (κ2) is 6.77. The zero-order valence-corrected chi connectivity index (χ0v) is 15.7. The van der Waals surface area contributed by atoms with Gasteiger partial charge in [0.05, 0.1) is 11.4 Å². The highest BCUT2D eigenvalue weighted by Crippen LogP contribution is 2.36. The van der Waals surface area contributed by atoms with E-state index in [2.05, 4.69) is 86.2 Å². The Morgan fingerprint density at radius 3 is 2.50 bits per heavy atom. The summed E-state index contributed by atoms with van der Waals surface area (Å²) in [5, 5.41) is 0. The lowest BCUT2D eigenvalue weighted by molar-refractivity contribution is 0.263. The zero-order valence-electron chi connectivity index (χ0n) is 14.2. The van der Waals surface area contributed by atoms with Crippen LogP contribution in [0, 0.1) is 0 Å². The number of hydrogen-bond acceptors (Lipinski definition) is 3. The molecule has 2 aliphatic heterocycles. The molecule has 24 heavy (non-hydrogen) atoms. The van der Waals surface area contributed by atoms with Gasteiger partial charge in [-0.15, -0.1) is 0 Å². The molecule has 2 aromatic carbocycles. The number of likely N-dealkylation sites (N-methyl/N-ethyl adjacent to an activating group) is 1. The van der Waals surface area contributed by atoms with Gasteiger partial charge in [0, 0.05) is 43.2 Å². The van der Waals surface area contributed by atoms with E-state index < -0.39 is 0 Å². The number of benzene rings is 2. The molecule has 126 valence electrons. The lowest BCUT2D eigenvalue weighted by atomic mass is 10.1. The molecule has 3 nitrogen and oxygen atoms in total. The second-order valence-corrected chi connectivity index (χ2v) is 7.85. The Balaban J connectivity index is 1.65.